The summed E-state index contributed by atoms with van der Waals surface area (Å²) in [6.07, 6.45) is 2.14. The molecule has 2 atom stereocenters. The minimum atomic E-state index is -0.850. The SMILES string of the molecule is O=C(O)C1CCCC1C(=O)NC1COC1. The average Bonchev–Trinajstić information content (AvgIpc) is 2.59. The largest absolute Gasteiger partial charge is 0.481 e. The predicted molar refractivity (Wildman–Crippen MR) is 51.2 cm³/mol. The van der Waals surface area contributed by atoms with Gasteiger partial charge in [-0.1, -0.05) is 6.42 Å². The summed E-state index contributed by atoms with van der Waals surface area (Å²) in [4.78, 5) is 22.6. The third-order valence-corrected chi connectivity index (χ3v) is 3.15. The second-order valence-electron chi connectivity index (χ2n) is 4.23. The lowest BCUT2D eigenvalue weighted by atomic mass is 9.95. The van der Waals surface area contributed by atoms with Gasteiger partial charge < -0.3 is 15.2 Å². The molecule has 0 bridgehead atoms. The summed E-state index contributed by atoms with van der Waals surface area (Å²) in [5.74, 6) is -1.81. The van der Waals surface area contributed by atoms with Crippen molar-refractivity contribution in [2.24, 2.45) is 11.8 Å². The standard InChI is InChI=1S/C10H15NO4/c12-9(11-6-4-15-5-6)7-2-1-3-8(7)10(13)14/h6-8H,1-5H2,(H,11,12)(H,13,14). The van der Waals surface area contributed by atoms with Gasteiger partial charge in [0, 0.05) is 0 Å². The molecule has 0 radical (unpaired) electrons. The molecule has 2 fully saturated rings. The Morgan fingerprint density at radius 3 is 2.40 bits per heavy atom. The molecule has 0 aromatic carbocycles. The normalized spacial score (nSPS) is 30.9. The van der Waals surface area contributed by atoms with Gasteiger partial charge >= 0.3 is 5.97 Å². The molecule has 15 heavy (non-hydrogen) atoms. The summed E-state index contributed by atoms with van der Waals surface area (Å²) >= 11 is 0. The van der Waals surface area contributed by atoms with E-state index in [2.05, 4.69) is 5.32 Å². The molecule has 2 aliphatic rings. The molecule has 1 saturated carbocycles. The van der Waals surface area contributed by atoms with Gasteiger partial charge in [-0.2, -0.15) is 0 Å². The number of hydrogen-bond donors (Lipinski definition) is 2. The second kappa shape index (κ2) is 4.18. The van der Waals surface area contributed by atoms with Gasteiger partial charge in [0.25, 0.3) is 0 Å². The first-order valence-corrected chi connectivity index (χ1v) is 5.29. The van der Waals surface area contributed by atoms with Crippen LogP contribution in [0, 0.1) is 11.8 Å². The molecule has 0 aromatic rings. The topological polar surface area (TPSA) is 75.6 Å². The molecular weight excluding hydrogens is 198 g/mol. The van der Waals surface area contributed by atoms with Crippen LogP contribution in [0.5, 0.6) is 0 Å². The number of carbonyl (C=O) groups is 2. The Labute approximate surface area is 87.8 Å². The lowest BCUT2D eigenvalue weighted by Gasteiger charge is -2.28. The molecule has 0 spiro atoms. The fraction of sp³-hybridized carbons (Fsp3) is 0.800. The zero-order chi connectivity index (χ0) is 10.8. The van der Waals surface area contributed by atoms with Crippen molar-refractivity contribution in [1.29, 1.82) is 0 Å². The predicted octanol–water partition coefficient (Wildman–Crippen LogP) is 0.00230. The lowest BCUT2D eigenvalue weighted by Crippen LogP contribution is -2.51. The van der Waals surface area contributed by atoms with Gasteiger partial charge in [0.15, 0.2) is 0 Å². The quantitative estimate of drug-likeness (QED) is 0.692. The van der Waals surface area contributed by atoms with Gasteiger partial charge in [0.1, 0.15) is 0 Å². The van der Waals surface area contributed by atoms with Gasteiger partial charge in [0.2, 0.25) is 5.91 Å². The molecule has 2 unspecified atom stereocenters. The minimum Gasteiger partial charge on any atom is -0.481 e. The molecule has 2 N–H and O–H groups in total. The highest BCUT2D eigenvalue weighted by molar-refractivity contribution is 5.85. The van der Waals surface area contributed by atoms with Crippen LogP contribution in [0.4, 0.5) is 0 Å². The van der Waals surface area contributed by atoms with Crippen LogP contribution in [0.3, 0.4) is 0 Å². The van der Waals surface area contributed by atoms with Crippen molar-refractivity contribution in [2.45, 2.75) is 25.3 Å². The van der Waals surface area contributed by atoms with E-state index in [0.29, 0.717) is 26.1 Å². The molecule has 1 aliphatic heterocycles. The number of nitrogens with one attached hydrogen (secondary N) is 1. The van der Waals surface area contributed by atoms with E-state index in [0.717, 1.165) is 6.42 Å². The van der Waals surface area contributed by atoms with E-state index in [-0.39, 0.29) is 17.9 Å². The average molecular weight is 213 g/mol. The molecule has 1 amide bonds. The monoisotopic (exact) mass is 213 g/mol. The number of ether oxygens (including phenoxy) is 1. The van der Waals surface area contributed by atoms with Crippen LogP contribution in [0.25, 0.3) is 0 Å². The lowest BCUT2D eigenvalue weighted by molar-refractivity contribution is -0.146. The van der Waals surface area contributed by atoms with Gasteiger partial charge in [0.05, 0.1) is 31.1 Å². The Morgan fingerprint density at radius 2 is 1.87 bits per heavy atom. The summed E-state index contributed by atoms with van der Waals surface area (Å²) in [5, 5.41) is 11.7. The van der Waals surface area contributed by atoms with Crippen LogP contribution in [-0.2, 0) is 14.3 Å². The van der Waals surface area contributed by atoms with E-state index in [4.69, 9.17) is 9.84 Å². The third-order valence-electron chi connectivity index (χ3n) is 3.15. The zero-order valence-corrected chi connectivity index (χ0v) is 8.44. The molecule has 5 nitrogen and oxygen atoms in total. The smallest absolute Gasteiger partial charge is 0.307 e. The maximum Gasteiger partial charge on any atom is 0.307 e. The summed E-state index contributed by atoms with van der Waals surface area (Å²) in [6.45, 7) is 1.10. The first-order valence-electron chi connectivity index (χ1n) is 5.29. The minimum absolute atomic E-state index is 0.0903. The second-order valence-corrected chi connectivity index (χ2v) is 4.23. The van der Waals surface area contributed by atoms with E-state index in [1.807, 2.05) is 0 Å². The van der Waals surface area contributed by atoms with Crippen molar-refractivity contribution < 1.29 is 19.4 Å². The van der Waals surface area contributed by atoms with Crippen molar-refractivity contribution in [3.63, 3.8) is 0 Å². The summed E-state index contributed by atoms with van der Waals surface area (Å²) in [6, 6.07) is 0.0903. The maximum absolute atomic E-state index is 11.7. The molecule has 1 saturated heterocycles. The number of amides is 1. The van der Waals surface area contributed by atoms with Gasteiger partial charge in [-0.05, 0) is 12.8 Å². The summed E-state index contributed by atoms with van der Waals surface area (Å²) < 4.78 is 4.94. The fourth-order valence-electron chi connectivity index (χ4n) is 2.20. The Hall–Kier alpha value is -1.10. The van der Waals surface area contributed by atoms with Crippen molar-refractivity contribution in [1.82, 2.24) is 5.32 Å². The van der Waals surface area contributed by atoms with E-state index < -0.39 is 11.9 Å². The maximum atomic E-state index is 11.7. The fourth-order valence-corrected chi connectivity index (χ4v) is 2.20. The van der Waals surface area contributed by atoms with Gasteiger partial charge in [-0.3, -0.25) is 9.59 Å². The number of carbonyl (C=O) groups excluding carboxylic acids is 1. The van der Waals surface area contributed by atoms with Crippen molar-refractivity contribution >= 4 is 11.9 Å². The van der Waals surface area contributed by atoms with E-state index in [1.54, 1.807) is 0 Å². The van der Waals surface area contributed by atoms with Crippen LogP contribution >= 0.6 is 0 Å². The van der Waals surface area contributed by atoms with Crippen LogP contribution in [0.1, 0.15) is 19.3 Å². The molecule has 84 valence electrons. The van der Waals surface area contributed by atoms with Crippen LogP contribution in [0.15, 0.2) is 0 Å². The number of carboxylic acid groups (broad SMARTS) is 1. The molecule has 0 aromatic heterocycles. The Kier molecular flexibility index (Phi) is 2.90. The first kappa shape index (κ1) is 10.4. The molecule has 1 heterocycles. The van der Waals surface area contributed by atoms with Crippen LogP contribution in [-0.4, -0.2) is 36.2 Å². The third kappa shape index (κ3) is 2.12. The number of hydrogen-bond acceptors (Lipinski definition) is 3. The van der Waals surface area contributed by atoms with Gasteiger partial charge in [-0.25, -0.2) is 0 Å². The van der Waals surface area contributed by atoms with E-state index >= 15 is 0 Å². The van der Waals surface area contributed by atoms with E-state index in [1.165, 1.54) is 0 Å². The molecular formula is C10H15NO4. The zero-order valence-electron chi connectivity index (χ0n) is 8.44. The molecule has 5 heteroatoms. The van der Waals surface area contributed by atoms with Crippen LogP contribution in [0.2, 0.25) is 0 Å². The van der Waals surface area contributed by atoms with Crippen molar-refractivity contribution in [3.05, 3.63) is 0 Å². The number of rotatable bonds is 3. The number of carboxylic acids is 1. The van der Waals surface area contributed by atoms with Crippen LogP contribution < -0.4 is 5.32 Å². The van der Waals surface area contributed by atoms with Crippen molar-refractivity contribution in [3.8, 4) is 0 Å². The number of aliphatic carboxylic acids is 1. The summed E-state index contributed by atoms with van der Waals surface area (Å²) in [7, 11) is 0. The highest BCUT2D eigenvalue weighted by Gasteiger charge is 2.38. The van der Waals surface area contributed by atoms with Crippen molar-refractivity contribution in [2.75, 3.05) is 13.2 Å². The highest BCUT2D eigenvalue weighted by Crippen LogP contribution is 2.32. The highest BCUT2D eigenvalue weighted by atomic mass is 16.5. The first-order chi connectivity index (χ1) is 7.18. The summed E-state index contributed by atoms with van der Waals surface area (Å²) in [5.41, 5.74) is 0. The molecule has 1 aliphatic carbocycles. The van der Waals surface area contributed by atoms with Gasteiger partial charge in [-0.15, -0.1) is 0 Å². The molecule has 2 rings (SSSR count). The Bertz CT molecular complexity index is 275. The Morgan fingerprint density at radius 1 is 1.20 bits per heavy atom. The Balaban J connectivity index is 1.90. The van der Waals surface area contributed by atoms with E-state index in [9.17, 15) is 9.59 Å².